The number of pyridine rings is 1. The minimum absolute atomic E-state index is 0.0730. The van der Waals surface area contributed by atoms with Crippen molar-refractivity contribution in [3.63, 3.8) is 0 Å². The number of aryl methyl sites for hydroxylation is 1. The van der Waals surface area contributed by atoms with Gasteiger partial charge in [0.05, 0.1) is 26.3 Å². The number of ether oxygens (including phenoxy) is 2. The Balaban J connectivity index is 1.85. The van der Waals surface area contributed by atoms with Gasteiger partial charge in [0.1, 0.15) is 11.5 Å². The Morgan fingerprint density at radius 3 is 2.27 bits per heavy atom. The van der Waals surface area contributed by atoms with E-state index < -0.39 is 5.97 Å². The number of methoxy groups -OCH3 is 2. The summed E-state index contributed by atoms with van der Waals surface area (Å²) in [6, 6.07) is 20.8. The van der Waals surface area contributed by atoms with Gasteiger partial charge in [0.25, 0.3) is 5.56 Å². The maximum atomic E-state index is 12.2. The van der Waals surface area contributed by atoms with Crippen molar-refractivity contribution in [2.24, 2.45) is 0 Å². The van der Waals surface area contributed by atoms with Gasteiger partial charge in [-0.05, 0) is 52.1 Å². The lowest BCUT2D eigenvalue weighted by molar-refractivity contribution is -0.136. The van der Waals surface area contributed by atoms with Crippen LogP contribution < -0.4 is 15.0 Å². The van der Waals surface area contributed by atoms with Gasteiger partial charge in [-0.15, -0.1) is 0 Å². The number of aromatic nitrogens is 1. The van der Waals surface area contributed by atoms with Crippen LogP contribution in [0.3, 0.4) is 0 Å². The van der Waals surface area contributed by atoms with Crippen molar-refractivity contribution >= 4 is 16.7 Å². The molecule has 3 aromatic carbocycles. The van der Waals surface area contributed by atoms with E-state index in [2.05, 4.69) is 0 Å². The minimum Gasteiger partial charge on any atom is -0.496 e. The number of nitrogens with zero attached hydrogens (tertiary/aromatic N) is 1. The van der Waals surface area contributed by atoms with Gasteiger partial charge in [0, 0.05) is 18.7 Å². The molecule has 0 saturated heterocycles. The third-order valence-electron chi connectivity index (χ3n) is 5.71. The molecule has 6 nitrogen and oxygen atoms in total. The van der Waals surface area contributed by atoms with Crippen LogP contribution in [0.2, 0.25) is 0 Å². The van der Waals surface area contributed by atoms with Crippen LogP contribution in [0, 0.1) is 0 Å². The molecule has 0 saturated carbocycles. The van der Waals surface area contributed by atoms with Crippen molar-refractivity contribution in [2.75, 3.05) is 14.2 Å². The molecule has 168 valence electrons. The average Bonchev–Trinajstić information content (AvgIpc) is 2.83. The average molecular weight is 443 g/mol. The van der Waals surface area contributed by atoms with Crippen LogP contribution >= 0.6 is 0 Å². The summed E-state index contributed by atoms with van der Waals surface area (Å²) in [5.74, 6) is 0.452. The normalized spacial score (nSPS) is 10.8. The van der Waals surface area contributed by atoms with Crippen LogP contribution in [0.25, 0.3) is 21.9 Å². The summed E-state index contributed by atoms with van der Waals surface area (Å²) in [5, 5.41) is 11.1. The molecule has 0 spiro atoms. The molecule has 0 atom stereocenters. The number of carboxylic acids is 1. The molecule has 0 aliphatic carbocycles. The monoisotopic (exact) mass is 443 g/mol. The van der Waals surface area contributed by atoms with Gasteiger partial charge in [-0.2, -0.15) is 0 Å². The van der Waals surface area contributed by atoms with Gasteiger partial charge in [0.15, 0.2) is 0 Å². The number of benzene rings is 3. The van der Waals surface area contributed by atoms with E-state index in [1.165, 1.54) is 6.07 Å². The van der Waals surface area contributed by atoms with E-state index in [9.17, 15) is 9.59 Å². The van der Waals surface area contributed by atoms with Crippen molar-refractivity contribution < 1.29 is 19.4 Å². The van der Waals surface area contributed by atoms with Crippen LogP contribution in [0.1, 0.15) is 17.5 Å². The van der Waals surface area contributed by atoms with E-state index in [-0.39, 0.29) is 12.0 Å². The molecule has 1 heterocycles. The number of hydrogen-bond donors (Lipinski definition) is 1. The second kappa shape index (κ2) is 9.61. The maximum Gasteiger partial charge on any atom is 0.303 e. The quantitative estimate of drug-likeness (QED) is 0.425. The van der Waals surface area contributed by atoms with E-state index in [0.29, 0.717) is 24.5 Å². The lowest BCUT2D eigenvalue weighted by atomic mass is 9.92. The fourth-order valence-electron chi connectivity index (χ4n) is 4.16. The van der Waals surface area contributed by atoms with E-state index in [1.54, 1.807) is 31.0 Å². The number of hydrogen-bond acceptors (Lipinski definition) is 4. The second-order valence-corrected chi connectivity index (χ2v) is 7.75. The van der Waals surface area contributed by atoms with Crippen LogP contribution in [-0.4, -0.2) is 29.9 Å². The number of fused-ring (bicyclic) bond motifs is 1. The molecule has 0 radical (unpaired) electrons. The molecular weight excluding hydrogens is 418 g/mol. The molecule has 6 heteroatoms. The topological polar surface area (TPSA) is 77.8 Å². The van der Waals surface area contributed by atoms with E-state index in [4.69, 9.17) is 14.6 Å². The summed E-state index contributed by atoms with van der Waals surface area (Å²) in [5.41, 5.74) is 3.52. The first-order valence-corrected chi connectivity index (χ1v) is 10.6. The third kappa shape index (κ3) is 4.60. The molecule has 1 N–H and O–H groups in total. The Morgan fingerprint density at radius 2 is 1.61 bits per heavy atom. The van der Waals surface area contributed by atoms with Gasteiger partial charge in [-0.3, -0.25) is 9.59 Å². The Bertz CT molecular complexity index is 1350. The molecule has 4 rings (SSSR count). The smallest absolute Gasteiger partial charge is 0.303 e. The van der Waals surface area contributed by atoms with Crippen molar-refractivity contribution in [3.05, 3.63) is 94.4 Å². The van der Waals surface area contributed by atoms with Crippen molar-refractivity contribution in [1.29, 1.82) is 0 Å². The largest absolute Gasteiger partial charge is 0.496 e. The van der Waals surface area contributed by atoms with Crippen LogP contribution in [0.5, 0.6) is 11.5 Å². The zero-order chi connectivity index (χ0) is 23.4. The zero-order valence-corrected chi connectivity index (χ0v) is 18.6. The molecular formula is C27H25NO5. The number of aliphatic carboxylic acids is 1. The fraction of sp³-hybridized carbons (Fsp3) is 0.185. The Morgan fingerprint density at radius 1 is 0.909 bits per heavy atom. The Kier molecular flexibility index (Phi) is 6.45. The van der Waals surface area contributed by atoms with E-state index in [1.807, 2.05) is 54.6 Å². The first-order valence-electron chi connectivity index (χ1n) is 10.6. The van der Waals surface area contributed by atoms with Crippen LogP contribution in [-0.2, 0) is 17.8 Å². The summed E-state index contributed by atoms with van der Waals surface area (Å²) in [6.45, 7) is 0.390. The summed E-state index contributed by atoms with van der Waals surface area (Å²) in [7, 11) is 3.22. The minimum atomic E-state index is -0.820. The van der Waals surface area contributed by atoms with Crippen molar-refractivity contribution in [3.8, 4) is 22.6 Å². The van der Waals surface area contributed by atoms with E-state index >= 15 is 0 Å². The lowest BCUT2D eigenvalue weighted by Crippen LogP contribution is -2.18. The number of carboxylic acid groups (broad SMARTS) is 1. The molecule has 1 aromatic heterocycles. The highest BCUT2D eigenvalue weighted by Gasteiger charge is 2.18. The van der Waals surface area contributed by atoms with Crippen LogP contribution in [0.15, 0.2) is 77.7 Å². The molecule has 0 bridgehead atoms. The molecule has 0 aliphatic heterocycles. The lowest BCUT2D eigenvalue weighted by Gasteiger charge is -2.18. The highest BCUT2D eigenvalue weighted by atomic mass is 16.5. The predicted octanol–water partition coefficient (Wildman–Crippen LogP) is 4.75. The molecule has 4 aromatic rings. The van der Waals surface area contributed by atoms with E-state index in [0.717, 1.165) is 33.0 Å². The molecule has 0 aliphatic rings. The summed E-state index contributed by atoms with van der Waals surface area (Å²) in [6.07, 6.45) is 2.28. The fourth-order valence-corrected chi connectivity index (χ4v) is 4.16. The predicted molar refractivity (Wildman–Crippen MR) is 128 cm³/mol. The highest BCUT2D eigenvalue weighted by molar-refractivity contribution is 6.01. The summed E-state index contributed by atoms with van der Waals surface area (Å²) >= 11 is 0. The van der Waals surface area contributed by atoms with Crippen LogP contribution in [0.4, 0.5) is 0 Å². The van der Waals surface area contributed by atoms with Gasteiger partial charge in [-0.25, -0.2) is 0 Å². The summed E-state index contributed by atoms with van der Waals surface area (Å²) < 4.78 is 13.2. The Labute approximate surface area is 191 Å². The van der Waals surface area contributed by atoms with Gasteiger partial charge in [-0.1, -0.05) is 42.5 Å². The molecule has 0 amide bonds. The first-order chi connectivity index (χ1) is 16.0. The Hall–Kier alpha value is -4.06. The highest BCUT2D eigenvalue weighted by Crippen LogP contribution is 2.43. The third-order valence-corrected chi connectivity index (χ3v) is 5.71. The van der Waals surface area contributed by atoms with Gasteiger partial charge in [0.2, 0.25) is 0 Å². The van der Waals surface area contributed by atoms with Gasteiger partial charge < -0.3 is 19.1 Å². The van der Waals surface area contributed by atoms with Crippen molar-refractivity contribution in [1.82, 2.24) is 4.57 Å². The number of rotatable bonds is 8. The zero-order valence-electron chi connectivity index (χ0n) is 18.6. The maximum absolute atomic E-state index is 12.2. The molecule has 33 heavy (non-hydrogen) atoms. The van der Waals surface area contributed by atoms with Crippen molar-refractivity contribution in [2.45, 2.75) is 19.4 Å². The second-order valence-electron chi connectivity index (χ2n) is 7.75. The summed E-state index contributed by atoms with van der Waals surface area (Å²) in [4.78, 5) is 23.3. The number of carbonyl (C=O) groups is 1. The SMILES string of the molecule is COc1cc(Cn2ccccc2=O)cc(OC)c1-c1cccc2c(CCC(=O)O)cccc12. The first kappa shape index (κ1) is 22.1. The molecule has 0 unspecified atom stereocenters. The molecule has 0 fully saturated rings. The van der Waals surface area contributed by atoms with Gasteiger partial charge >= 0.3 is 5.97 Å². The standard InChI is InChI=1S/C27H25NO5/c1-32-23-15-18(17-28-14-4-3-11-25(28)29)16-24(33-2)27(23)22-10-6-8-20-19(12-13-26(30)31)7-5-9-21(20)22/h3-11,14-16H,12-13,17H2,1-2H3,(H,30,31).